The van der Waals surface area contributed by atoms with Crippen LogP contribution in [0.3, 0.4) is 0 Å². The molecular formula is C13H18N4O6. The van der Waals surface area contributed by atoms with Gasteiger partial charge in [-0.3, -0.25) is 4.90 Å². The summed E-state index contributed by atoms with van der Waals surface area (Å²) in [5.74, 6) is 0.0764. The van der Waals surface area contributed by atoms with E-state index in [1.807, 2.05) is 0 Å². The van der Waals surface area contributed by atoms with Crippen molar-refractivity contribution in [1.82, 2.24) is 9.91 Å². The third kappa shape index (κ3) is 4.06. The lowest BCUT2D eigenvalue weighted by atomic mass is 10.3. The highest BCUT2D eigenvalue weighted by atomic mass is 16.8. The zero-order valence-electron chi connectivity index (χ0n) is 12.4. The number of cyclic esters (lactones) is 1. The summed E-state index contributed by atoms with van der Waals surface area (Å²) in [4.78, 5) is 14.0. The fourth-order valence-corrected chi connectivity index (χ4v) is 2.43. The second-order valence-electron chi connectivity index (χ2n) is 5.25. The third-order valence-electron chi connectivity index (χ3n) is 3.58. The zero-order chi connectivity index (χ0) is 16.2. The van der Waals surface area contributed by atoms with Crippen molar-refractivity contribution >= 4 is 18.2 Å². The number of carbonyl (C=O) groups excluding carboxylic acids is 1. The maximum absolute atomic E-state index is 11.8. The molecular weight excluding hydrogens is 308 g/mol. The highest BCUT2D eigenvalue weighted by Gasteiger charge is 2.32. The number of hydrogen-bond acceptors (Lipinski definition) is 8. The number of ether oxygens (including phenoxy) is 2. The lowest BCUT2D eigenvalue weighted by Crippen LogP contribution is -2.99. The average Bonchev–Trinajstić information content (AvgIpc) is 3.13. The lowest BCUT2D eigenvalue weighted by Gasteiger charge is -2.27. The molecule has 3 rings (SSSR count). The van der Waals surface area contributed by atoms with Crippen LogP contribution in [-0.4, -0.2) is 72.9 Å². The zero-order valence-corrected chi connectivity index (χ0v) is 12.4. The van der Waals surface area contributed by atoms with Crippen LogP contribution in [0, 0.1) is 5.21 Å². The van der Waals surface area contributed by atoms with Gasteiger partial charge >= 0.3 is 12.0 Å². The Kier molecular flexibility index (Phi) is 4.88. The Morgan fingerprint density at radius 1 is 1.43 bits per heavy atom. The second-order valence-corrected chi connectivity index (χ2v) is 5.25. The Morgan fingerprint density at radius 2 is 2.22 bits per heavy atom. The number of rotatable bonds is 5. The molecule has 0 spiro atoms. The van der Waals surface area contributed by atoms with Crippen LogP contribution >= 0.6 is 0 Å². The minimum Gasteiger partial charge on any atom is -0.592 e. The van der Waals surface area contributed by atoms with Crippen LogP contribution in [-0.2, 0) is 9.47 Å². The van der Waals surface area contributed by atoms with Crippen molar-refractivity contribution < 1.29 is 29.1 Å². The van der Waals surface area contributed by atoms with E-state index in [-0.39, 0.29) is 17.7 Å². The van der Waals surface area contributed by atoms with Crippen LogP contribution in [0.4, 0.5) is 10.7 Å². The number of quaternary nitrogens is 1. The van der Waals surface area contributed by atoms with E-state index in [4.69, 9.17) is 19.1 Å². The monoisotopic (exact) mass is 326 g/mol. The van der Waals surface area contributed by atoms with Gasteiger partial charge in [-0.25, -0.2) is 10.0 Å². The lowest BCUT2D eigenvalue weighted by molar-refractivity contribution is -0.997. The maximum atomic E-state index is 11.8. The minimum atomic E-state index is -1.16. The molecule has 2 aliphatic rings. The number of nitrogens with one attached hydrogen (secondary N) is 1. The second kappa shape index (κ2) is 7.06. The fraction of sp³-hybridized carbons (Fsp3) is 0.538. The third-order valence-corrected chi connectivity index (χ3v) is 3.58. The first-order chi connectivity index (χ1) is 11.1. The largest absolute Gasteiger partial charge is 0.592 e. The van der Waals surface area contributed by atoms with E-state index in [1.165, 1.54) is 23.4 Å². The molecule has 1 amide bonds. The highest BCUT2D eigenvalue weighted by Crippen LogP contribution is 2.14. The normalized spacial score (nSPS) is 24.3. The van der Waals surface area contributed by atoms with Gasteiger partial charge in [-0.2, -0.15) is 15.3 Å². The van der Waals surface area contributed by atoms with Gasteiger partial charge in [-0.15, -0.1) is 0 Å². The molecule has 1 aromatic rings. The average molecular weight is 326 g/mol. The van der Waals surface area contributed by atoms with Gasteiger partial charge in [0.2, 0.25) is 0 Å². The summed E-state index contributed by atoms with van der Waals surface area (Å²) in [6.07, 6.45) is 0.526. The first kappa shape index (κ1) is 15.9. The standard InChI is InChI=1S/C13H18N4O6/c18-13-16(14-7-10-1-2-12(22-10)17(19)20)9-11(23-13)8-15-3-5-21-6-4-15/h1-2,7,11,17,19H,3-6,8-9H2/t11-/m0/s1. The van der Waals surface area contributed by atoms with Crippen molar-refractivity contribution in [3.05, 3.63) is 23.1 Å². The van der Waals surface area contributed by atoms with Crippen molar-refractivity contribution in [3.8, 4) is 0 Å². The Morgan fingerprint density at radius 3 is 2.91 bits per heavy atom. The molecule has 2 saturated heterocycles. The summed E-state index contributed by atoms with van der Waals surface area (Å²) in [6, 6.07) is 2.80. The van der Waals surface area contributed by atoms with Crippen molar-refractivity contribution in [2.45, 2.75) is 6.10 Å². The molecule has 0 saturated carbocycles. The molecule has 0 bridgehead atoms. The summed E-state index contributed by atoms with van der Waals surface area (Å²) < 4.78 is 15.6. The molecule has 10 heteroatoms. The number of carbonyl (C=O) groups is 1. The van der Waals surface area contributed by atoms with Crippen molar-refractivity contribution in [2.24, 2.45) is 5.10 Å². The summed E-state index contributed by atoms with van der Waals surface area (Å²) in [7, 11) is 0. The highest BCUT2D eigenvalue weighted by molar-refractivity contribution is 5.78. The molecule has 0 radical (unpaired) electrons. The number of nitrogens with zero attached hydrogens (tertiary/aromatic N) is 3. The smallest absolute Gasteiger partial charge is 0.430 e. The molecule has 2 N–H and O–H groups in total. The van der Waals surface area contributed by atoms with Crippen LogP contribution in [0.1, 0.15) is 5.76 Å². The van der Waals surface area contributed by atoms with Gasteiger partial charge in [0.1, 0.15) is 6.10 Å². The van der Waals surface area contributed by atoms with E-state index < -0.39 is 11.3 Å². The Labute approximate surface area is 132 Å². The van der Waals surface area contributed by atoms with Crippen LogP contribution in [0.15, 0.2) is 21.7 Å². The molecule has 126 valence electrons. The van der Waals surface area contributed by atoms with Gasteiger partial charge in [0.25, 0.3) is 0 Å². The molecule has 0 aromatic carbocycles. The predicted molar refractivity (Wildman–Crippen MR) is 76.3 cm³/mol. The molecule has 2 aliphatic heterocycles. The van der Waals surface area contributed by atoms with Gasteiger partial charge in [0.15, 0.2) is 5.76 Å². The summed E-state index contributed by atoms with van der Waals surface area (Å²) >= 11 is 0. The Bertz CT molecular complexity index is 569. The molecule has 3 heterocycles. The Balaban J connectivity index is 1.53. The van der Waals surface area contributed by atoms with Gasteiger partial charge in [0, 0.05) is 25.7 Å². The number of hydrogen-bond donors (Lipinski definition) is 2. The van der Waals surface area contributed by atoms with Crippen molar-refractivity contribution in [1.29, 1.82) is 0 Å². The Hall–Kier alpha value is -1.98. The SMILES string of the molecule is O=C1O[C@@H](CN2CCOCC2)CN1N=Cc1ccc([NH+]([O-])O)o1. The van der Waals surface area contributed by atoms with Gasteiger partial charge < -0.3 is 19.1 Å². The number of amides is 1. The molecule has 2 atom stereocenters. The molecule has 2 fully saturated rings. The fourth-order valence-electron chi connectivity index (χ4n) is 2.43. The number of furan rings is 1. The summed E-state index contributed by atoms with van der Waals surface area (Å²) in [5, 5.41) is 23.5. The van der Waals surface area contributed by atoms with Crippen molar-refractivity contribution in [2.75, 3.05) is 39.4 Å². The van der Waals surface area contributed by atoms with Gasteiger partial charge in [0.05, 0.1) is 26.0 Å². The molecule has 10 nitrogen and oxygen atoms in total. The van der Waals surface area contributed by atoms with Crippen LogP contribution in [0.25, 0.3) is 0 Å². The predicted octanol–water partition coefficient (Wildman–Crippen LogP) is -0.830. The van der Waals surface area contributed by atoms with Gasteiger partial charge in [-0.05, 0) is 6.07 Å². The van der Waals surface area contributed by atoms with E-state index in [2.05, 4.69) is 10.0 Å². The van der Waals surface area contributed by atoms with E-state index in [0.717, 1.165) is 13.1 Å². The van der Waals surface area contributed by atoms with Crippen LogP contribution in [0.2, 0.25) is 0 Å². The summed E-state index contributed by atoms with van der Waals surface area (Å²) in [6.45, 7) is 4.01. The first-order valence-corrected chi connectivity index (χ1v) is 7.27. The molecule has 1 aromatic heterocycles. The molecule has 0 aliphatic carbocycles. The number of hydrazone groups is 1. The maximum Gasteiger partial charge on any atom is 0.430 e. The van der Waals surface area contributed by atoms with Gasteiger partial charge in [-0.1, -0.05) is 0 Å². The number of morpholine rings is 1. The van der Waals surface area contributed by atoms with Crippen LogP contribution in [0.5, 0.6) is 0 Å². The minimum absolute atomic E-state index is 0.180. The summed E-state index contributed by atoms with van der Waals surface area (Å²) in [5.41, 5.74) is 0. The topological polar surface area (TPSA) is 115 Å². The van der Waals surface area contributed by atoms with E-state index in [1.54, 1.807) is 0 Å². The molecule has 1 unspecified atom stereocenters. The van der Waals surface area contributed by atoms with E-state index in [0.29, 0.717) is 26.3 Å². The van der Waals surface area contributed by atoms with Crippen LogP contribution < -0.4 is 5.23 Å². The van der Waals surface area contributed by atoms with Crippen molar-refractivity contribution in [3.63, 3.8) is 0 Å². The van der Waals surface area contributed by atoms with E-state index in [9.17, 15) is 10.0 Å². The first-order valence-electron chi connectivity index (χ1n) is 7.27. The van der Waals surface area contributed by atoms with E-state index >= 15 is 0 Å². The molecule has 23 heavy (non-hydrogen) atoms. The quantitative estimate of drug-likeness (QED) is 0.536.